The monoisotopic (exact) mass is 424 g/mol. The van der Waals surface area contributed by atoms with Crippen LogP contribution in [-0.2, 0) is 0 Å². The van der Waals surface area contributed by atoms with Crippen LogP contribution in [0.15, 0.2) is 0 Å². The summed E-state index contributed by atoms with van der Waals surface area (Å²) in [6.07, 6.45) is 25.6. The fraction of sp³-hybridized carbons (Fsp3) is 0.923. The Hall–Kier alpha value is 0.207. The Kier molecular flexibility index (Phi) is 22.1. The van der Waals surface area contributed by atoms with Gasteiger partial charge in [0.25, 0.3) is 0 Å². The summed E-state index contributed by atoms with van der Waals surface area (Å²) in [7, 11) is 1.34. The largest absolute Gasteiger partial charge is 0.138 e. The van der Waals surface area contributed by atoms with E-state index in [0.29, 0.717) is 0 Å². The minimum Gasteiger partial charge on any atom is -0.127 e. The molecule has 0 rings (SSSR count). The Balaban J connectivity index is 4.46. The minimum atomic E-state index is -1.38. The third-order valence-electron chi connectivity index (χ3n) is 6.36. The molecule has 1 atom stereocenters. The Morgan fingerprint density at radius 1 is 0.464 bits per heavy atom. The summed E-state index contributed by atoms with van der Waals surface area (Å²) in [5.41, 5.74) is 7.17. The van der Waals surface area contributed by atoms with Crippen LogP contribution in [0.5, 0.6) is 0 Å². The van der Waals surface area contributed by atoms with Crippen molar-refractivity contribution in [2.75, 3.05) is 0 Å². The molecule has 0 heterocycles. The molecule has 0 aliphatic carbocycles. The maximum absolute atomic E-state index is 3.85. The highest BCUT2D eigenvalue weighted by atomic mass is 31.0. The topological polar surface area (TPSA) is 0 Å². The van der Waals surface area contributed by atoms with Crippen LogP contribution in [0, 0.1) is 11.2 Å². The molecule has 0 radical (unpaired) electrons. The fourth-order valence-corrected chi connectivity index (χ4v) is 9.58. The van der Waals surface area contributed by atoms with Gasteiger partial charge in [-0.25, -0.2) is 0 Å². The average molecular weight is 425 g/mol. The van der Waals surface area contributed by atoms with Gasteiger partial charge < -0.3 is 0 Å². The second-order valence-electron chi connectivity index (χ2n) is 9.10. The molecule has 0 aromatic heterocycles. The van der Waals surface area contributed by atoms with Gasteiger partial charge in [0.2, 0.25) is 0 Å². The van der Waals surface area contributed by atoms with Gasteiger partial charge in [-0.2, -0.15) is 0 Å². The zero-order valence-corrected chi connectivity index (χ0v) is 22.1. The first-order valence-electron chi connectivity index (χ1n) is 13.0. The quantitative estimate of drug-likeness (QED) is 0.0744. The molecule has 166 valence electrons. The number of rotatable bonds is 21. The molecule has 0 bridgehead atoms. The predicted molar refractivity (Wildman–Crippen MR) is 138 cm³/mol. The van der Waals surface area contributed by atoms with Crippen LogP contribution in [0.3, 0.4) is 0 Å². The number of hydrogen-bond donors (Lipinski definition) is 0. The zero-order chi connectivity index (χ0) is 20.8. The van der Waals surface area contributed by atoms with E-state index < -0.39 is 8.07 Å². The molecule has 0 aliphatic heterocycles. The first-order chi connectivity index (χ1) is 13.7. The summed E-state index contributed by atoms with van der Waals surface area (Å²) >= 11 is 0. The van der Waals surface area contributed by atoms with E-state index >= 15 is 0 Å². The highest BCUT2D eigenvalue weighted by Crippen LogP contribution is 2.29. The maximum atomic E-state index is 3.85. The van der Waals surface area contributed by atoms with E-state index in [9.17, 15) is 0 Å². The Bertz CT molecular complexity index is 328. The second-order valence-corrected chi connectivity index (χ2v) is 13.7. The molecule has 1 unspecified atom stereocenters. The summed E-state index contributed by atoms with van der Waals surface area (Å²) in [5.74, 6) is 0. The van der Waals surface area contributed by atoms with Crippen LogP contribution in [0.1, 0.15) is 136 Å². The SMILES string of the molecule is CCCCCCCC[Si](C#CP)(CCCCCCCC)CCCCCCCC. The van der Waals surface area contributed by atoms with E-state index in [2.05, 4.69) is 41.2 Å². The molecular formula is C26H53PSi. The van der Waals surface area contributed by atoms with Crippen molar-refractivity contribution in [1.82, 2.24) is 0 Å². The lowest BCUT2D eigenvalue weighted by atomic mass is 10.1. The smallest absolute Gasteiger partial charge is 0.127 e. The van der Waals surface area contributed by atoms with Gasteiger partial charge in [-0.15, -0.1) is 5.54 Å². The van der Waals surface area contributed by atoms with Crippen molar-refractivity contribution in [3.05, 3.63) is 0 Å². The van der Waals surface area contributed by atoms with E-state index in [1.54, 1.807) is 0 Å². The third kappa shape index (κ3) is 17.1. The summed E-state index contributed by atoms with van der Waals surface area (Å²) < 4.78 is 0. The highest BCUT2D eigenvalue weighted by Gasteiger charge is 2.29. The van der Waals surface area contributed by atoms with Crippen molar-refractivity contribution in [3.63, 3.8) is 0 Å². The molecule has 0 aliphatic rings. The summed E-state index contributed by atoms with van der Waals surface area (Å²) in [6, 6.07) is 4.43. The van der Waals surface area contributed by atoms with E-state index in [0.717, 1.165) is 0 Å². The highest BCUT2D eigenvalue weighted by molar-refractivity contribution is 7.23. The van der Waals surface area contributed by atoms with Crippen molar-refractivity contribution >= 4 is 17.3 Å². The molecule has 0 N–H and O–H groups in total. The van der Waals surface area contributed by atoms with E-state index in [-0.39, 0.29) is 0 Å². The predicted octanol–water partition coefficient (Wildman–Crippen LogP) is 9.89. The van der Waals surface area contributed by atoms with Gasteiger partial charge in [-0.3, -0.25) is 0 Å². The second kappa shape index (κ2) is 21.9. The van der Waals surface area contributed by atoms with E-state index in [4.69, 9.17) is 0 Å². The summed E-state index contributed by atoms with van der Waals surface area (Å²) in [5, 5.41) is 0. The Morgan fingerprint density at radius 3 is 1.04 bits per heavy atom. The number of hydrogen-bond acceptors (Lipinski definition) is 0. The van der Waals surface area contributed by atoms with Crippen LogP contribution in [0.25, 0.3) is 0 Å². The summed E-state index contributed by atoms with van der Waals surface area (Å²) in [6.45, 7) is 6.94. The fourth-order valence-electron chi connectivity index (χ4n) is 4.45. The molecule has 0 aromatic rings. The molecule has 0 saturated heterocycles. The first-order valence-corrected chi connectivity index (χ1v) is 16.2. The van der Waals surface area contributed by atoms with E-state index in [1.807, 2.05) is 0 Å². The van der Waals surface area contributed by atoms with Crippen molar-refractivity contribution in [3.8, 4) is 11.2 Å². The molecule has 28 heavy (non-hydrogen) atoms. The lowest BCUT2D eigenvalue weighted by Crippen LogP contribution is -2.32. The summed E-state index contributed by atoms with van der Waals surface area (Å²) in [4.78, 5) is 0. The minimum absolute atomic E-state index is 1.35. The molecule has 0 aromatic carbocycles. The zero-order valence-electron chi connectivity index (χ0n) is 19.9. The van der Waals surface area contributed by atoms with Gasteiger partial charge in [0.1, 0.15) is 8.07 Å². The van der Waals surface area contributed by atoms with Crippen LogP contribution >= 0.6 is 9.24 Å². The van der Waals surface area contributed by atoms with Gasteiger partial charge in [-0.1, -0.05) is 151 Å². The van der Waals surface area contributed by atoms with Gasteiger partial charge in [0.05, 0.1) is 0 Å². The van der Waals surface area contributed by atoms with Crippen molar-refractivity contribution in [1.29, 1.82) is 0 Å². The lowest BCUT2D eigenvalue weighted by molar-refractivity contribution is 0.608. The lowest BCUT2D eigenvalue weighted by Gasteiger charge is -2.26. The van der Waals surface area contributed by atoms with Crippen LogP contribution in [0.4, 0.5) is 0 Å². The average Bonchev–Trinajstić information content (AvgIpc) is 2.70. The van der Waals surface area contributed by atoms with Gasteiger partial charge in [0, 0.05) is 0 Å². The Morgan fingerprint density at radius 2 is 0.750 bits per heavy atom. The van der Waals surface area contributed by atoms with Gasteiger partial charge in [0.15, 0.2) is 0 Å². The molecule has 0 saturated carbocycles. The first kappa shape index (κ1) is 28.2. The molecule has 2 heteroatoms. The van der Waals surface area contributed by atoms with Crippen LogP contribution in [-0.4, -0.2) is 8.07 Å². The molecule has 0 fully saturated rings. The van der Waals surface area contributed by atoms with E-state index in [1.165, 1.54) is 134 Å². The van der Waals surface area contributed by atoms with Gasteiger partial charge >= 0.3 is 0 Å². The Labute approximate surface area is 183 Å². The standard InChI is InChI=1S/C26H53PSi/c1-4-7-10-13-16-19-23-28(26-22-27,24-20-17-14-11-8-5-2)25-21-18-15-12-9-6-3/h4-21,23-25,27H2,1-3H3. The molecule has 0 amide bonds. The molecule has 0 nitrogen and oxygen atoms in total. The maximum Gasteiger partial charge on any atom is 0.138 e. The van der Waals surface area contributed by atoms with Crippen molar-refractivity contribution in [2.45, 2.75) is 154 Å². The van der Waals surface area contributed by atoms with Crippen molar-refractivity contribution < 1.29 is 0 Å². The number of unbranched alkanes of at least 4 members (excludes halogenated alkanes) is 15. The normalized spacial score (nSPS) is 11.4. The van der Waals surface area contributed by atoms with Crippen LogP contribution in [0.2, 0.25) is 18.1 Å². The third-order valence-corrected chi connectivity index (χ3v) is 11.4. The van der Waals surface area contributed by atoms with Gasteiger partial charge in [-0.05, 0) is 18.1 Å². The van der Waals surface area contributed by atoms with Crippen LogP contribution < -0.4 is 0 Å². The molecular weight excluding hydrogens is 371 g/mol. The molecule has 0 spiro atoms. The van der Waals surface area contributed by atoms with Crippen molar-refractivity contribution in [2.24, 2.45) is 0 Å².